The number of anilines is 1. The first-order valence-electron chi connectivity index (χ1n) is 9.32. The van der Waals surface area contributed by atoms with Crippen molar-refractivity contribution in [2.45, 2.75) is 18.7 Å². The monoisotopic (exact) mass is 424 g/mol. The highest BCUT2D eigenvalue weighted by Gasteiger charge is 2.32. The number of carbonyl (C=O) groups excluding carboxylic acids is 1. The Morgan fingerprint density at radius 3 is 2.41 bits per heavy atom. The summed E-state index contributed by atoms with van der Waals surface area (Å²) in [5.41, 5.74) is 1.77. The maximum atomic E-state index is 13.2. The zero-order chi connectivity index (χ0) is 21.2. The Hall–Kier alpha value is -2.36. The first-order valence-corrected chi connectivity index (χ1v) is 10.8. The molecule has 1 amide bonds. The number of hydrogen-bond donors (Lipinski definition) is 2. The Morgan fingerprint density at radius 1 is 1.07 bits per heavy atom. The molecule has 0 aromatic heterocycles. The second-order valence-electron chi connectivity index (χ2n) is 7.28. The van der Waals surface area contributed by atoms with Crippen molar-refractivity contribution in [2.24, 2.45) is 0 Å². The Morgan fingerprint density at radius 2 is 1.76 bits per heavy atom. The second kappa shape index (κ2) is 8.56. The van der Waals surface area contributed by atoms with Crippen LogP contribution in [0.2, 0.25) is 0 Å². The highest BCUT2D eigenvalue weighted by molar-refractivity contribution is 7.89. The zero-order valence-corrected chi connectivity index (χ0v) is 17.2. The summed E-state index contributed by atoms with van der Waals surface area (Å²) in [6, 6.07) is 8.53. The lowest BCUT2D eigenvalue weighted by atomic mass is 10.2. The van der Waals surface area contributed by atoms with Crippen molar-refractivity contribution in [2.75, 3.05) is 38.0 Å². The molecule has 1 saturated heterocycles. The van der Waals surface area contributed by atoms with Gasteiger partial charge in [0.25, 0.3) is 5.91 Å². The van der Waals surface area contributed by atoms with Crippen LogP contribution < -0.4 is 10.2 Å². The number of halogens is 2. The van der Waals surface area contributed by atoms with E-state index in [2.05, 4.69) is 5.32 Å². The molecule has 0 bridgehead atoms. The molecular formula is C20H24F2N3O3S+. The van der Waals surface area contributed by atoms with Crippen LogP contribution in [0.4, 0.5) is 14.5 Å². The number of hydrogen-bond acceptors (Lipinski definition) is 3. The van der Waals surface area contributed by atoms with Crippen molar-refractivity contribution in [3.8, 4) is 0 Å². The van der Waals surface area contributed by atoms with Gasteiger partial charge in [-0.2, -0.15) is 4.31 Å². The van der Waals surface area contributed by atoms with Gasteiger partial charge in [-0.1, -0.05) is 12.1 Å². The Labute approximate surface area is 169 Å². The van der Waals surface area contributed by atoms with Crippen LogP contribution in [-0.4, -0.2) is 51.4 Å². The zero-order valence-electron chi connectivity index (χ0n) is 16.3. The Bertz CT molecular complexity index is 1020. The molecule has 0 radical (unpaired) electrons. The summed E-state index contributed by atoms with van der Waals surface area (Å²) in [4.78, 5) is 13.4. The van der Waals surface area contributed by atoms with E-state index in [9.17, 15) is 22.0 Å². The molecule has 6 nitrogen and oxygen atoms in total. The maximum Gasteiger partial charge on any atom is 0.279 e. The summed E-state index contributed by atoms with van der Waals surface area (Å²) in [6.07, 6.45) is 0. The SMILES string of the molecule is Cc1ccc(C)c(S(=O)(=O)N2CC[NH+](CC(=O)Nc3ccc(F)c(F)c3)CC2)c1. The molecule has 1 aliphatic rings. The first kappa shape index (κ1) is 21.4. The van der Waals surface area contributed by atoms with Crippen LogP contribution in [-0.2, 0) is 14.8 Å². The Kier molecular flexibility index (Phi) is 6.30. The third-order valence-electron chi connectivity index (χ3n) is 5.00. The van der Waals surface area contributed by atoms with Gasteiger partial charge in [0, 0.05) is 11.8 Å². The number of benzene rings is 2. The van der Waals surface area contributed by atoms with Crippen molar-refractivity contribution < 1.29 is 26.9 Å². The molecule has 0 atom stereocenters. The standard InChI is InChI=1S/C20H23F2N3O3S/c1-14-3-4-15(2)19(11-14)29(27,28)25-9-7-24(8-10-25)13-20(26)23-16-5-6-17(21)18(22)12-16/h3-6,11-12H,7-10,13H2,1-2H3,(H,23,26)/p+1. The third kappa shape index (κ3) is 4.98. The minimum absolute atomic E-state index is 0.121. The molecule has 0 spiro atoms. The molecule has 9 heteroatoms. The maximum absolute atomic E-state index is 13.2. The predicted octanol–water partition coefficient (Wildman–Crippen LogP) is 1.11. The normalized spacial score (nSPS) is 16.0. The van der Waals surface area contributed by atoms with Gasteiger partial charge in [0.2, 0.25) is 10.0 Å². The molecule has 0 unspecified atom stereocenters. The van der Waals surface area contributed by atoms with E-state index in [1.807, 2.05) is 13.0 Å². The van der Waals surface area contributed by atoms with Gasteiger partial charge in [-0.25, -0.2) is 17.2 Å². The number of rotatable bonds is 5. The molecule has 2 aromatic carbocycles. The van der Waals surface area contributed by atoms with E-state index in [0.29, 0.717) is 36.6 Å². The topological polar surface area (TPSA) is 70.9 Å². The summed E-state index contributed by atoms with van der Waals surface area (Å²) < 4.78 is 53.6. The number of piperazine rings is 1. The minimum Gasteiger partial charge on any atom is -0.325 e. The van der Waals surface area contributed by atoms with Crippen molar-refractivity contribution in [3.05, 3.63) is 59.2 Å². The van der Waals surface area contributed by atoms with Crippen LogP contribution in [0.15, 0.2) is 41.3 Å². The number of nitrogens with zero attached hydrogens (tertiary/aromatic N) is 1. The van der Waals surface area contributed by atoms with Gasteiger partial charge < -0.3 is 10.2 Å². The van der Waals surface area contributed by atoms with Gasteiger partial charge in [0.05, 0.1) is 31.1 Å². The van der Waals surface area contributed by atoms with E-state index in [4.69, 9.17) is 0 Å². The van der Waals surface area contributed by atoms with E-state index in [1.165, 1.54) is 10.4 Å². The number of sulfonamides is 1. The van der Waals surface area contributed by atoms with E-state index in [1.54, 1.807) is 19.1 Å². The fraction of sp³-hybridized carbons (Fsp3) is 0.350. The summed E-state index contributed by atoms with van der Waals surface area (Å²) in [7, 11) is -3.58. The average molecular weight is 424 g/mol. The predicted molar refractivity (Wildman–Crippen MR) is 105 cm³/mol. The highest BCUT2D eigenvalue weighted by Crippen LogP contribution is 2.21. The number of quaternary nitrogens is 1. The third-order valence-corrected chi connectivity index (χ3v) is 7.05. The molecule has 3 rings (SSSR count). The molecule has 1 fully saturated rings. The molecule has 2 N–H and O–H groups in total. The second-order valence-corrected chi connectivity index (χ2v) is 9.18. The minimum atomic E-state index is -3.58. The number of aryl methyl sites for hydroxylation is 2. The van der Waals surface area contributed by atoms with Crippen LogP contribution in [0.3, 0.4) is 0 Å². The van der Waals surface area contributed by atoms with Crippen LogP contribution >= 0.6 is 0 Å². The quantitative estimate of drug-likeness (QED) is 0.756. The first-order chi connectivity index (χ1) is 13.7. The smallest absolute Gasteiger partial charge is 0.279 e. The van der Waals surface area contributed by atoms with Gasteiger partial charge in [0.1, 0.15) is 0 Å². The number of amides is 1. The molecule has 1 heterocycles. The molecule has 0 saturated carbocycles. The molecule has 0 aliphatic carbocycles. The molecular weight excluding hydrogens is 400 g/mol. The van der Waals surface area contributed by atoms with E-state index in [0.717, 1.165) is 22.6 Å². The van der Waals surface area contributed by atoms with E-state index < -0.39 is 21.7 Å². The van der Waals surface area contributed by atoms with Gasteiger partial charge in [-0.3, -0.25) is 4.79 Å². The van der Waals surface area contributed by atoms with Gasteiger partial charge in [-0.15, -0.1) is 0 Å². The molecule has 1 aliphatic heterocycles. The van der Waals surface area contributed by atoms with Crippen LogP contribution in [0.1, 0.15) is 11.1 Å². The fourth-order valence-corrected chi connectivity index (χ4v) is 5.10. The van der Waals surface area contributed by atoms with Crippen LogP contribution in [0.5, 0.6) is 0 Å². The summed E-state index contributed by atoms with van der Waals surface area (Å²) in [5, 5.41) is 2.54. The van der Waals surface area contributed by atoms with Crippen molar-refractivity contribution in [1.29, 1.82) is 0 Å². The van der Waals surface area contributed by atoms with Crippen molar-refractivity contribution in [1.82, 2.24) is 4.31 Å². The molecule has 156 valence electrons. The van der Waals surface area contributed by atoms with Crippen LogP contribution in [0.25, 0.3) is 0 Å². The Balaban J connectivity index is 1.58. The number of nitrogens with one attached hydrogen (secondary N) is 2. The summed E-state index contributed by atoms with van der Waals surface area (Å²) in [6.45, 7) is 5.33. The summed E-state index contributed by atoms with van der Waals surface area (Å²) >= 11 is 0. The lowest BCUT2D eigenvalue weighted by molar-refractivity contribution is -0.895. The van der Waals surface area contributed by atoms with E-state index >= 15 is 0 Å². The van der Waals surface area contributed by atoms with Crippen LogP contribution in [0, 0.1) is 25.5 Å². The van der Waals surface area contributed by atoms with Gasteiger partial charge >= 0.3 is 0 Å². The van der Waals surface area contributed by atoms with Crippen molar-refractivity contribution in [3.63, 3.8) is 0 Å². The highest BCUT2D eigenvalue weighted by atomic mass is 32.2. The number of carbonyl (C=O) groups is 1. The average Bonchev–Trinajstić information content (AvgIpc) is 2.67. The van der Waals surface area contributed by atoms with E-state index in [-0.39, 0.29) is 18.1 Å². The molecule has 29 heavy (non-hydrogen) atoms. The van der Waals surface area contributed by atoms with Gasteiger partial charge in [0.15, 0.2) is 18.2 Å². The lowest BCUT2D eigenvalue weighted by Gasteiger charge is -2.31. The largest absolute Gasteiger partial charge is 0.325 e. The fourth-order valence-electron chi connectivity index (χ4n) is 3.35. The summed E-state index contributed by atoms with van der Waals surface area (Å²) in [5.74, 6) is -2.34. The van der Waals surface area contributed by atoms with Crippen molar-refractivity contribution >= 4 is 21.6 Å². The molecule has 2 aromatic rings. The van der Waals surface area contributed by atoms with Gasteiger partial charge in [-0.05, 0) is 43.2 Å². The lowest BCUT2D eigenvalue weighted by Crippen LogP contribution is -3.15.